The van der Waals surface area contributed by atoms with Crippen LogP contribution in [0, 0.1) is 6.92 Å². The van der Waals surface area contributed by atoms with Gasteiger partial charge in [0.15, 0.2) is 5.78 Å². The summed E-state index contributed by atoms with van der Waals surface area (Å²) in [6, 6.07) is 1.66. The molecule has 0 bridgehead atoms. The van der Waals surface area contributed by atoms with E-state index < -0.39 is 11.4 Å². The molecule has 2 heterocycles. The molecule has 0 saturated carbocycles. The van der Waals surface area contributed by atoms with Crippen LogP contribution in [0.3, 0.4) is 0 Å². The molecule has 2 rings (SSSR count). The predicted molar refractivity (Wildman–Crippen MR) is 92.1 cm³/mol. The molecule has 6 heteroatoms. The minimum absolute atomic E-state index is 0.0154. The number of carbonyl (C=O) groups excluding carboxylic acids is 2. The summed E-state index contributed by atoms with van der Waals surface area (Å²) in [5, 5.41) is 0.330. The number of hydrogen-bond acceptors (Lipinski definition) is 5. The zero-order valence-corrected chi connectivity index (χ0v) is 14.3. The van der Waals surface area contributed by atoms with Crippen LogP contribution in [0.4, 0.5) is 0 Å². The van der Waals surface area contributed by atoms with Gasteiger partial charge in [0.25, 0.3) is 0 Å². The Kier molecular flexibility index (Phi) is 5.28. The number of aryl methyl sites for hydroxylation is 2. The summed E-state index contributed by atoms with van der Waals surface area (Å²) in [7, 11) is 0. The van der Waals surface area contributed by atoms with Crippen molar-refractivity contribution in [1.29, 1.82) is 0 Å². The topological polar surface area (TPSA) is 78.3 Å². The van der Waals surface area contributed by atoms with Crippen molar-refractivity contribution >= 4 is 28.9 Å². The molecule has 0 N–H and O–H groups in total. The largest absolute Gasteiger partial charge is 0.462 e. The van der Waals surface area contributed by atoms with Gasteiger partial charge in [-0.2, -0.15) is 0 Å². The van der Waals surface area contributed by atoms with Gasteiger partial charge in [-0.3, -0.25) is 9.59 Å². The number of aromatic nitrogens is 2. The first kappa shape index (κ1) is 17.6. The van der Waals surface area contributed by atoms with Crippen LogP contribution in [-0.4, -0.2) is 27.9 Å². The van der Waals surface area contributed by atoms with E-state index >= 15 is 0 Å². The van der Waals surface area contributed by atoms with Crippen LogP contribution in [0.15, 0.2) is 23.1 Å². The summed E-state index contributed by atoms with van der Waals surface area (Å²) in [6.07, 6.45) is 4.53. The van der Waals surface area contributed by atoms with Gasteiger partial charge >= 0.3 is 5.97 Å². The number of pyridine rings is 2. The zero-order valence-electron chi connectivity index (χ0n) is 14.3. The lowest BCUT2D eigenvalue weighted by molar-refractivity contribution is -0.112. The Hall–Kier alpha value is -2.76. The van der Waals surface area contributed by atoms with Crippen LogP contribution in [0.2, 0.25) is 0 Å². The number of fused-ring (bicyclic) bond motifs is 1. The molecule has 0 fully saturated rings. The van der Waals surface area contributed by atoms with Gasteiger partial charge in [-0.1, -0.05) is 0 Å². The first-order chi connectivity index (χ1) is 11.4. The normalized spacial score (nSPS) is 11.2. The van der Waals surface area contributed by atoms with Crippen molar-refractivity contribution in [1.82, 2.24) is 9.55 Å². The summed E-state index contributed by atoms with van der Waals surface area (Å²) in [5.41, 5.74) is 1.44. The first-order valence-corrected chi connectivity index (χ1v) is 7.79. The number of rotatable bonds is 5. The Morgan fingerprint density at radius 1 is 1.33 bits per heavy atom. The third kappa shape index (κ3) is 3.42. The molecule has 0 aliphatic rings. The maximum absolute atomic E-state index is 12.7. The molecule has 0 unspecified atom stereocenters. The molecule has 0 aromatic carbocycles. The minimum Gasteiger partial charge on any atom is -0.462 e. The van der Waals surface area contributed by atoms with Gasteiger partial charge < -0.3 is 9.30 Å². The molecule has 0 aliphatic carbocycles. The van der Waals surface area contributed by atoms with Crippen LogP contribution < -0.4 is 5.43 Å². The van der Waals surface area contributed by atoms with Gasteiger partial charge in [0.1, 0.15) is 11.2 Å². The van der Waals surface area contributed by atoms with Gasteiger partial charge in [-0.05, 0) is 51.5 Å². The van der Waals surface area contributed by atoms with E-state index in [-0.39, 0.29) is 18.0 Å². The van der Waals surface area contributed by atoms with Crippen molar-refractivity contribution in [2.45, 2.75) is 34.2 Å². The first-order valence-electron chi connectivity index (χ1n) is 7.79. The maximum atomic E-state index is 12.7. The van der Waals surface area contributed by atoms with E-state index in [0.29, 0.717) is 28.8 Å². The summed E-state index contributed by atoms with van der Waals surface area (Å²) in [5.74, 6) is -0.742. The quantitative estimate of drug-likeness (QED) is 0.622. The van der Waals surface area contributed by atoms with E-state index in [1.807, 2.05) is 13.8 Å². The molecule has 0 spiro atoms. The van der Waals surface area contributed by atoms with E-state index in [0.717, 1.165) is 0 Å². The molecular weight excluding hydrogens is 308 g/mol. The molecule has 0 saturated heterocycles. The average molecular weight is 328 g/mol. The van der Waals surface area contributed by atoms with Crippen molar-refractivity contribution in [2.24, 2.45) is 0 Å². The number of hydrogen-bond donors (Lipinski definition) is 0. The summed E-state index contributed by atoms with van der Waals surface area (Å²) in [6.45, 7) is 7.60. The molecule has 0 radical (unpaired) electrons. The second kappa shape index (κ2) is 7.21. The standard InChI is InChI=1S/C18H20N2O4/c1-5-20-10-15(18(23)24-6-2)16(22)14-9-13(8-7-11(3)21)12(4)19-17(14)20/h7-10H,5-6H2,1-4H3/b8-7+. The second-order valence-electron chi connectivity index (χ2n) is 5.36. The zero-order chi connectivity index (χ0) is 17.9. The lowest BCUT2D eigenvalue weighted by Gasteiger charge is -2.12. The van der Waals surface area contributed by atoms with Crippen LogP contribution in [0.1, 0.15) is 42.4 Å². The fraction of sp³-hybridized carbons (Fsp3) is 0.333. The Morgan fingerprint density at radius 3 is 2.62 bits per heavy atom. The predicted octanol–water partition coefficient (Wildman–Crippen LogP) is 2.50. The van der Waals surface area contributed by atoms with Crippen molar-refractivity contribution in [3.05, 3.63) is 45.4 Å². The number of esters is 1. The van der Waals surface area contributed by atoms with Crippen molar-refractivity contribution in [3.8, 4) is 0 Å². The number of nitrogens with zero attached hydrogens (tertiary/aromatic N) is 2. The Labute approximate surface area is 139 Å². The monoisotopic (exact) mass is 328 g/mol. The van der Waals surface area contributed by atoms with Gasteiger partial charge in [-0.15, -0.1) is 0 Å². The van der Waals surface area contributed by atoms with E-state index in [1.54, 1.807) is 23.6 Å². The molecule has 2 aromatic heterocycles. The van der Waals surface area contributed by atoms with Gasteiger partial charge in [0.05, 0.1) is 12.0 Å². The number of ether oxygens (including phenoxy) is 1. The molecule has 24 heavy (non-hydrogen) atoms. The molecule has 0 atom stereocenters. The van der Waals surface area contributed by atoms with Gasteiger partial charge in [0.2, 0.25) is 5.43 Å². The highest BCUT2D eigenvalue weighted by Crippen LogP contribution is 2.17. The molecule has 0 amide bonds. The van der Waals surface area contributed by atoms with Crippen molar-refractivity contribution in [3.63, 3.8) is 0 Å². The van der Waals surface area contributed by atoms with Crippen molar-refractivity contribution in [2.75, 3.05) is 6.61 Å². The highest BCUT2D eigenvalue weighted by molar-refractivity contribution is 5.94. The fourth-order valence-corrected chi connectivity index (χ4v) is 2.39. The van der Waals surface area contributed by atoms with E-state index in [4.69, 9.17) is 4.74 Å². The average Bonchev–Trinajstić information content (AvgIpc) is 2.53. The molecular formula is C18H20N2O4. The van der Waals surface area contributed by atoms with Crippen LogP contribution in [-0.2, 0) is 16.1 Å². The smallest absolute Gasteiger partial charge is 0.343 e. The Bertz CT molecular complexity index is 894. The van der Waals surface area contributed by atoms with Gasteiger partial charge in [-0.25, -0.2) is 9.78 Å². The van der Waals surface area contributed by atoms with Crippen LogP contribution in [0.25, 0.3) is 17.1 Å². The van der Waals surface area contributed by atoms with Crippen LogP contribution >= 0.6 is 0 Å². The van der Waals surface area contributed by atoms with E-state index in [9.17, 15) is 14.4 Å². The molecule has 6 nitrogen and oxygen atoms in total. The minimum atomic E-state index is -0.645. The third-order valence-electron chi connectivity index (χ3n) is 3.61. The number of allylic oxidation sites excluding steroid dienone is 1. The SMILES string of the molecule is CCOC(=O)c1cn(CC)c2nc(C)c(/C=C/C(C)=O)cc2c1=O. The van der Waals surface area contributed by atoms with Gasteiger partial charge in [0, 0.05) is 18.4 Å². The van der Waals surface area contributed by atoms with E-state index in [1.165, 1.54) is 19.2 Å². The number of ketones is 1. The van der Waals surface area contributed by atoms with Crippen molar-refractivity contribution < 1.29 is 14.3 Å². The molecule has 126 valence electrons. The summed E-state index contributed by atoms with van der Waals surface area (Å²) >= 11 is 0. The summed E-state index contributed by atoms with van der Waals surface area (Å²) in [4.78, 5) is 40.3. The van der Waals surface area contributed by atoms with E-state index in [2.05, 4.69) is 4.98 Å². The molecule has 2 aromatic rings. The highest BCUT2D eigenvalue weighted by Gasteiger charge is 2.17. The fourth-order valence-electron chi connectivity index (χ4n) is 2.39. The third-order valence-corrected chi connectivity index (χ3v) is 3.61. The summed E-state index contributed by atoms with van der Waals surface area (Å²) < 4.78 is 6.70. The lowest BCUT2D eigenvalue weighted by Crippen LogP contribution is -2.21. The highest BCUT2D eigenvalue weighted by atomic mass is 16.5. The lowest BCUT2D eigenvalue weighted by atomic mass is 10.1. The number of carbonyl (C=O) groups is 2. The second-order valence-corrected chi connectivity index (χ2v) is 5.36. The van der Waals surface area contributed by atoms with Crippen LogP contribution in [0.5, 0.6) is 0 Å². The Balaban J connectivity index is 2.77. The Morgan fingerprint density at radius 2 is 2.04 bits per heavy atom. The molecule has 0 aliphatic heterocycles. The maximum Gasteiger partial charge on any atom is 0.343 e.